The minimum Gasteiger partial charge on any atom is -0.371 e. The fraction of sp³-hybridized carbons (Fsp3) is 0.368. The zero-order chi connectivity index (χ0) is 14.7. The summed E-state index contributed by atoms with van der Waals surface area (Å²) in [6, 6.07) is 17.7. The Morgan fingerprint density at radius 1 is 0.952 bits per heavy atom. The second kappa shape index (κ2) is 6.31. The standard InChI is InChI=1S/C19H24N2/c1-15-2-6-17(7-3-15)18-10-12-21(13-11-18)19-8-4-16(14-20)5-9-19/h2-9,18H,10-14,20H2,1H3. The largest absolute Gasteiger partial charge is 0.371 e. The highest BCUT2D eigenvalue weighted by molar-refractivity contribution is 5.48. The summed E-state index contributed by atoms with van der Waals surface area (Å²) in [6.07, 6.45) is 2.48. The monoisotopic (exact) mass is 280 g/mol. The first-order valence-electron chi connectivity index (χ1n) is 7.87. The van der Waals surface area contributed by atoms with E-state index in [0.29, 0.717) is 12.5 Å². The maximum absolute atomic E-state index is 5.66. The second-order valence-corrected chi connectivity index (χ2v) is 6.04. The topological polar surface area (TPSA) is 29.3 Å². The number of anilines is 1. The molecule has 0 radical (unpaired) electrons. The number of benzene rings is 2. The van der Waals surface area contributed by atoms with Crippen LogP contribution >= 0.6 is 0 Å². The van der Waals surface area contributed by atoms with Crippen molar-refractivity contribution in [1.29, 1.82) is 0 Å². The molecule has 0 unspecified atom stereocenters. The Morgan fingerprint density at radius 2 is 1.57 bits per heavy atom. The van der Waals surface area contributed by atoms with Gasteiger partial charge < -0.3 is 10.6 Å². The number of aryl methyl sites for hydroxylation is 1. The molecule has 1 fully saturated rings. The number of rotatable bonds is 3. The molecule has 2 heteroatoms. The van der Waals surface area contributed by atoms with Crippen LogP contribution in [0.15, 0.2) is 48.5 Å². The zero-order valence-corrected chi connectivity index (χ0v) is 12.8. The van der Waals surface area contributed by atoms with Crippen molar-refractivity contribution in [1.82, 2.24) is 0 Å². The maximum Gasteiger partial charge on any atom is 0.0366 e. The van der Waals surface area contributed by atoms with Gasteiger partial charge in [-0.05, 0) is 48.9 Å². The van der Waals surface area contributed by atoms with E-state index in [0.717, 1.165) is 13.1 Å². The number of nitrogens with two attached hydrogens (primary N) is 1. The third kappa shape index (κ3) is 3.27. The van der Waals surface area contributed by atoms with Crippen LogP contribution in [0.25, 0.3) is 0 Å². The first kappa shape index (κ1) is 14.2. The lowest BCUT2D eigenvalue weighted by atomic mass is 9.89. The lowest BCUT2D eigenvalue weighted by Gasteiger charge is -2.34. The first-order valence-corrected chi connectivity index (χ1v) is 7.87. The fourth-order valence-corrected chi connectivity index (χ4v) is 3.15. The molecule has 110 valence electrons. The summed E-state index contributed by atoms with van der Waals surface area (Å²) in [5.41, 5.74) is 11.0. The van der Waals surface area contributed by atoms with Gasteiger partial charge in [0.15, 0.2) is 0 Å². The Kier molecular flexibility index (Phi) is 4.26. The molecule has 0 atom stereocenters. The van der Waals surface area contributed by atoms with Crippen LogP contribution < -0.4 is 10.6 Å². The molecule has 2 aromatic rings. The summed E-state index contributed by atoms with van der Waals surface area (Å²) in [6.45, 7) is 5.05. The highest BCUT2D eigenvalue weighted by atomic mass is 15.1. The molecular formula is C19H24N2. The Labute approximate surface area is 127 Å². The number of hydrogen-bond donors (Lipinski definition) is 1. The predicted octanol–water partition coefficient (Wildman–Crippen LogP) is 3.84. The van der Waals surface area contributed by atoms with Gasteiger partial charge in [-0.2, -0.15) is 0 Å². The molecule has 2 aromatic carbocycles. The molecule has 21 heavy (non-hydrogen) atoms. The SMILES string of the molecule is Cc1ccc(C2CCN(c3ccc(CN)cc3)CC2)cc1. The van der Waals surface area contributed by atoms with Crippen LogP contribution in [0.3, 0.4) is 0 Å². The first-order chi connectivity index (χ1) is 10.3. The van der Waals surface area contributed by atoms with Gasteiger partial charge >= 0.3 is 0 Å². The normalized spacial score (nSPS) is 16.2. The van der Waals surface area contributed by atoms with Crippen LogP contribution in [0.2, 0.25) is 0 Å². The van der Waals surface area contributed by atoms with Crippen molar-refractivity contribution in [3.8, 4) is 0 Å². The van der Waals surface area contributed by atoms with Crippen LogP contribution in [0.4, 0.5) is 5.69 Å². The predicted molar refractivity (Wildman–Crippen MR) is 89.7 cm³/mol. The van der Waals surface area contributed by atoms with Gasteiger partial charge in [0.25, 0.3) is 0 Å². The molecule has 0 spiro atoms. The Bertz CT molecular complexity index is 564. The average Bonchev–Trinajstić information content (AvgIpc) is 2.56. The minimum atomic E-state index is 0.621. The lowest BCUT2D eigenvalue weighted by molar-refractivity contribution is 0.505. The van der Waals surface area contributed by atoms with Crippen LogP contribution in [0.1, 0.15) is 35.4 Å². The van der Waals surface area contributed by atoms with E-state index in [1.807, 2.05) is 0 Å². The summed E-state index contributed by atoms with van der Waals surface area (Å²) < 4.78 is 0. The van der Waals surface area contributed by atoms with Crippen molar-refractivity contribution in [2.24, 2.45) is 5.73 Å². The van der Waals surface area contributed by atoms with Crippen molar-refractivity contribution in [2.45, 2.75) is 32.2 Å². The summed E-state index contributed by atoms with van der Waals surface area (Å²) >= 11 is 0. The molecule has 0 aromatic heterocycles. The molecule has 1 saturated heterocycles. The summed E-state index contributed by atoms with van der Waals surface area (Å²) in [5.74, 6) is 0.713. The second-order valence-electron chi connectivity index (χ2n) is 6.04. The van der Waals surface area contributed by atoms with E-state index >= 15 is 0 Å². The van der Waals surface area contributed by atoms with E-state index in [-0.39, 0.29) is 0 Å². The molecule has 0 amide bonds. The minimum absolute atomic E-state index is 0.621. The van der Waals surface area contributed by atoms with Crippen molar-refractivity contribution < 1.29 is 0 Å². The van der Waals surface area contributed by atoms with E-state index in [9.17, 15) is 0 Å². The molecule has 1 heterocycles. The van der Waals surface area contributed by atoms with Gasteiger partial charge in [0, 0.05) is 25.3 Å². The van der Waals surface area contributed by atoms with Gasteiger partial charge in [-0.3, -0.25) is 0 Å². The number of hydrogen-bond acceptors (Lipinski definition) is 2. The Morgan fingerprint density at radius 3 is 2.14 bits per heavy atom. The van der Waals surface area contributed by atoms with Crippen LogP contribution in [0, 0.1) is 6.92 Å². The van der Waals surface area contributed by atoms with Crippen LogP contribution in [0.5, 0.6) is 0 Å². The van der Waals surface area contributed by atoms with Gasteiger partial charge in [-0.1, -0.05) is 42.0 Å². The number of nitrogens with zero attached hydrogens (tertiary/aromatic N) is 1. The van der Waals surface area contributed by atoms with Gasteiger partial charge in [-0.15, -0.1) is 0 Å². The molecule has 1 aliphatic heterocycles. The van der Waals surface area contributed by atoms with Gasteiger partial charge in [0.05, 0.1) is 0 Å². The van der Waals surface area contributed by atoms with E-state index in [4.69, 9.17) is 5.73 Å². The smallest absolute Gasteiger partial charge is 0.0366 e. The van der Waals surface area contributed by atoms with Crippen LogP contribution in [-0.4, -0.2) is 13.1 Å². The van der Waals surface area contributed by atoms with E-state index in [1.54, 1.807) is 0 Å². The van der Waals surface area contributed by atoms with E-state index in [2.05, 4.69) is 60.4 Å². The molecule has 1 aliphatic rings. The van der Waals surface area contributed by atoms with Crippen molar-refractivity contribution in [3.05, 3.63) is 65.2 Å². The van der Waals surface area contributed by atoms with Crippen molar-refractivity contribution in [2.75, 3.05) is 18.0 Å². The third-order valence-electron chi connectivity index (χ3n) is 4.58. The Balaban J connectivity index is 1.62. The van der Waals surface area contributed by atoms with Gasteiger partial charge in [-0.25, -0.2) is 0 Å². The molecule has 0 aliphatic carbocycles. The molecule has 2 N–H and O–H groups in total. The summed E-state index contributed by atoms with van der Waals surface area (Å²) in [4.78, 5) is 2.49. The highest BCUT2D eigenvalue weighted by Crippen LogP contribution is 2.30. The number of piperidine rings is 1. The van der Waals surface area contributed by atoms with Crippen molar-refractivity contribution in [3.63, 3.8) is 0 Å². The van der Waals surface area contributed by atoms with Crippen molar-refractivity contribution >= 4 is 5.69 Å². The molecule has 0 saturated carbocycles. The quantitative estimate of drug-likeness (QED) is 0.925. The maximum atomic E-state index is 5.66. The van der Waals surface area contributed by atoms with Crippen LogP contribution in [-0.2, 0) is 6.54 Å². The zero-order valence-electron chi connectivity index (χ0n) is 12.8. The average molecular weight is 280 g/mol. The molecular weight excluding hydrogens is 256 g/mol. The van der Waals surface area contributed by atoms with E-state index < -0.39 is 0 Å². The Hall–Kier alpha value is -1.80. The van der Waals surface area contributed by atoms with Gasteiger partial charge in [0.2, 0.25) is 0 Å². The lowest BCUT2D eigenvalue weighted by Crippen LogP contribution is -2.32. The highest BCUT2D eigenvalue weighted by Gasteiger charge is 2.20. The summed E-state index contributed by atoms with van der Waals surface area (Å²) in [5, 5.41) is 0. The molecule has 2 nitrogen and oxygen atoms in total. The summed E-state index contributed by atoms with van der Waals surface area (Å²) in [7, 11) is 0. The molecule has 0 bridgehead atoms. The third-order valence-corrected chi connectivity index (χ3v) is 4.58. The van der Waals surface area contributed by atoms with E-state index in [1.165, 1.54) is 35.2 Å². The van der Waals surface area contributed by atoms with Gasteiger partial charge in [0.1, 0.15) is 0 Å². The molecule has 3 rings (SSSR count). The fourth-order valence-electron chi connectivity index (χ4n) is 3.15.